The molecule has 0 atom stereocenters. The van der Waals surface area contributed by atoms with E-state index >= 15 is 0 Å². The molecule has 0 aliphatic carbocycles. The van der Waals surface area contributed by atoms with E-state index in [2.05, 4.69) is 5.43 Å². The number of carbonyl (C=O) groups excluding carboxylic acids is 3. The molecule has 0 bridgehead atoms. The lowest BCUT2D eigenvalue weighted by atomic mass is 9.89. The fourth-order valence-corrected chi connectivity index (χ4v) is 1.89. The second-order valence-corrected chi connectivity index (χ2v) is 5.55. The highest BCUT2D eigenvalue weighted by molar-refractivity contribution is 6.10. The van der Waals surface area contributed by atoms with Gasteiger partial charge < -0.3 is 0 Å². The topological polar surface area (TPSA) is 66.5 Å². The summed E-state index contributed by atoms with van der Waals surface area (Å²) in [5.41, 5.74) is 2.98. The van der Waals surface area contributed by atoms with E-state index in [1.807, 2.05) is 6.92 Å². The molecule has 0 saturated heterocycles. The van der Waals surface area contributed by atoms with Gasteiger partial charge in [-0.15, -0.1) is 0 Å². The van der Waals surface area contributed by atoms with Crippen LogP contribution >= 0.6 is 0 Å². The number of imide groups is 1. The van der Waals surface area contributed by atoms with Crippen LogP contribution in [0.2, 0.25) is 0 Å². The fraction of sp³-hybridized carbons (Fsp3) is 0.400. The molecule has 0 fully saturated rings. The summed E-state index contributed by atoms with van der Waals surface area (Å²) in [5, 5.41) is 0.835. The molecule has 3 amide bonds. The second-order valence-electron chi connectivity index (χ2n) is 5.55. The molecule has 0 unspecified atom stereocenters. The summed E-state index contributed by atoms with van der Waals surface area (Å²) in [4.78, 5) is 36.4. The van der Waals surface area contributed by atoms with Crippen molar-refractivity contribution in [3.63, 3.8) is 0 Å². The summed E-state index contributed by atoms with van der Waals surface area (Å²) < 4.78 is 0. The average Bonchev–Trinajstić information content (AvgIpc) is 2.43. The summed E-state index contributed by atoms with van der Waals surface area (Å²) in [6, 6.07) is 6.94. The molecule has 1 aromatic carbocycles. The van der Waals surface area contributed by atoms with Crippen LogP contribution in [0.4, 0.5) is 0 Å². The standard InChI is InChI=1S/C15H18N2O3/c1-4-15(2,3)14(20)16-17-12(18)9-10-7-5-6-8-11(10)13(17)19/h5-8H,4,9H2,1-3H3,(H,16,20). The number of rotatable bonds is 3. The number of fused-ring (bicyclic) bond motifs is 1. The third-order valence-corrected chi connectivity index (χ3v) is 3.75. The number of amides is 3. The maximum absolute atomic E-state index is 12.3. The van der Waals surface area contributed by atoms with Crippen molar-refractivity contribution in [2.75, 3.05) is 0 Å². The number of nitrogens with zero attached hydrogens (tertiary/aromatic N) is 1. The number of carbonyl (C=O) groups is 3. The second kappa shape index (κ2) is 5.07. The Balaban J connectivity index is 2.25. The van der Waals surface area contributed by atoms with Crippen molar-refractivity contribution in [1.29, 1.82) is 0 Å². The molecule has 1 N–H and O–H groups in total. The number of benzene rings is 1. The van der Waals surface area contributed by atoms with Crippen molar-refractivity contribution in [3.05, 3.63) is 35.4 Å². The van der Waals surface area contributed by atoms with Crippen molar-refractivity contribution < 1.29 is 14.4 Å². The first-order chi connectivity index (χ1) is 9.36. The molecule has 20 heavy (non-hydrogen) atoms. The van der Waals surface area contributed by atoms with E-state index in [9.17, 15) is 14.4 Å². The minimum Gasteiger partial charge on any atom is -0.273 e. The molecular weight excluding hydrogens is 256 g/mol. The van der Waals surface area contributed by atoms with Gasteiger partial charge in [-0.05, 0) is 18.1 Å². The largest absolute Gasteiger partial charge is 0.279 e. The van der Waals surface area contributed by atoms with Gasteiger partial charge in [0.05, 0.1) is 6.42 Å². The zero-order valence-corrected chi connectivity index (χ0v) is 11.9. The van der Waals surface area contributed by atoms with Crippen molar-refractivity contribution >= 4 is 17.7 Å². The Bertz CT molecular complexity index is 578. The molecule has 0 spiro atoms. The van der Waals surface area contributed by atoms with Crippen molar-refractivity contribution in [1.82, 2.24) is 10.4 Å². The molecule has 0 saturated carbocycles. The van der Waals surface area contributed by atoms with E-state index in [-0.39, 0.29) is 12.3 Å². The maximum atomic E-state index is 12.3. The molecule has 5 nitrogen and oxygen atoms in total. The van der Waals surface area contributed by atoms with Gasteiger partial charge in [-0.2, -0.15) is 5.01 Å². The van der Waals surface area contributed by atoms with E-state index < -0.39 is 17.2 Å². The molecular formula is C15H18N2O3. The number of nitrogens with one attached hydrogen (secondary N) is 1. The highest BCUT2D eigenvalue weighted by Gasteiger charge is 2.35. The van der Waals surface area contributed by atoms with Gasteiger partial charge in [-0.1, -0.05) is 39.0 Å². The summed E-state index contributed by atoms with van der Waals surface area (Å²) in [6.45, 7) is 5.43. The van der Waals surface area contributed by atoms with Gasteiger partial charge >= 0.3 is 0 Å². The Labute approximate surface area is 117 Å². The van der Waals surface area contributed by atoms with Gasteiger partial charge in [0.2, 0.25) is 5.91 Å². The van der Waals surface area contributed by atoms with Crippen molar-refractivity contribution in [3.8, 4) is 0 Å². The van der Waals surface area contributed by atoms with E-state index in [1.54, 1.807) is 38.1 Å². The number of hydrogen-bond donors (Lipinski definition) is 1. The number of hydrogen-bond acceptors (Lipinski definition) is 3. The summed E-state index contributed by atoms with van der Waals surface area (Å²) >= 11 is 0. The SMILES string of the molecule is CCC(C)(C)C(=O)NN1C(=O)Cc2ccccc2C1=O. The van der Waals surface area contributed by atoms with Gasteiger partial charge in [0.1, 0.15) is 0 Å². The smallest absolute Gasteiger partial charge is 0.273 e. The first kappa shape index (κ1) is 14.2. The predicted octanol–water partition coefficient (Wildman–Crippen LogP) is 1.68. The first-order valence-corrected chi connectivity index (χ1v) is 6.63. The lowest BCUT2D eigenvalue weighted by Gasteiger charge is -2.30. The molecule has 1 heterocycles. The Morgan fingerprint density at radius 1 is 1.30 bits per heavy atom. The summed E-state index contributed by atoms with van der Waals surface area (Å²) in [6.07, 6.45) is 0.736. The molecule has 1 aromatic rings. The Hall–Kier alpha value is -2.17. The predicted molar refractivity (Wildman–Crippen MR) is 73.5 cm³/mol. The third kappa shape index (κ3) is 2.43. The monoisotopic (exact) mass is 274 g/mol. The molecule has 5 heteroatoms. The fourth-order valence-electron chi connectivity index (χ4n) is 1.89. The van der Waals surface area contributed by atoms with E-state index in [0.29, 0.717) is 17.5 Å². The summed E-state index contributed by atoms with van der Waals surface area (Å²) in [7, 11) is 0. The quantitative estimate of drug-likeness (QED) is 0.853. The van der Waals surface area contributed by atoms with Crippen LogP contribution in [0.1, 0.15) is 43.1 Å². The van der Waals surface area contributed by atoms with Crippen molar-refractivity contribution in [2.24, 2.45) is 5.41 Å². The van der Waals surface area contributed by atoms with Crippen LogP contribution in [-0.4, -0.2) is 22.7 Å². The van der Waals surface area contributed by atoms with Gasteiger partial charge in [0, 0.05) is 11.0 Å². The average molecular weight is 274 g/mol. The van der Waals surface area contributed by atoms with E-state index in [0.717, 1.165) is 5.01 Å². The Morgan fingerprint density at radius 3 is 2.60 bits per heavy atom. The van der Waals surface area contributed by atoms with Gasteiger partial charge in [0.15, 0.2) is 0 Å². The van der Waals surface area contributed by atoms with Crippen LogP contribution in [0.25, 0.3) is 0 Å². The molecule has 0 radical (unpaired) electrons. The first-order valence-electron chi connectivity index (χ1n) is 6.63. The zero-order valence-electron chi connectivity index (χ0n) is 11.9. The molecule has 0 aromatic heterocycles. The van der Waals surface area contributed by atoms with Gasteiger partial charge in [-0.25, -0.2) is 0 Å². The van der Waals surface area contributed by atoms with Crippen LogP contribution in [0.15, 0.2) is 24.3 Å². The molecule has 2 rings (SSSR count). The molecule has 1 aliphatic rings. The van der Waals surface area contributed by atoms with E-state index in [4.69, 9.17) is 0 Å². The highest BCUT2D eigenvalue weighted by Crippen LogP contribution is 2.22. The van der Waals surface area contributed by atoms with Crippen LogP contribution in [0.3, 0.4) is 0 Å². The van der Waals surface area contributed by atoms with Crippen LogP contribution in [0.5, 0.6) is 0 Å². The van der Waals surface area contributed by atoms with Crippen LogP contribution in [-0.2, 0) is 16.0 Å². The third-order valence-electron chi connectivity index (χ3n) is 3.75. The molecule has 1 aliphatic heterocycles. The Morgan fingerprint density at radius 2 is 1.95 bits per heavy atom. The Kier molecular flexibility index (Phi) is 3.61. The lowest BCUT2D eigenvalue weighted by Crippen LogP contribution is -2.55. The number of hydrazine groups is 1. The van der Waals surface area contributed by atoms with E-state index in [1.165, 1.54) is 0 Å². The normalized spacial score (nSPS) is 15.1. The van der Waals surface area contributed by atoms with Crippen LogP contribution < -0.4 is 5.43 Å². The minimum atomic E-state index is -0.627. The van der Waals surface area contributed by atoms with Crippen LogP contribution in [0, 0.1) is 5.41 Å². The van der Waals surface area contributed by atoms with Gasteiger partial charge in [-0.3, -0.25) is 19.8 Å². The molecule has 106 valence electrons. The highest BCUT2D eigenvalue weighted by atomic mass is 16.2. The minimum absolute atomic E-state index is 0.120. The zero-order chi connectivity index (χ0) is 14.9. The lowest BCUT2D eigenvalue weighted by molar-refractivity contribution is -0.142. The van der Waals surface area contributed by atoms with Crippen molar-refractivity contribution in [2.45, 2.75) is 33.6 Å². The van der Waals surface area contributed by atoms with Gasteiger partial charge in [0.25, 0.3) is 11.8 Å². The maximum Gasteiger partial charge on any atom is 0.279 e. The summed E-state index contributed by atoms with van der Waals surface area (Å²) in [5.74, 6) is -1.22.